The van der Waals surface area contributed by atoms with E-state index in [2.05, 4.69) is 332 Å². The minimum atomic E-state index is -3.52. The van der Waals surface area contributed by atoms with Gasteiger partial charge in [0.1, 0.15) is 11.5 Å². The van der Waals surface area contributed by atoms with Crippen LogP contribution in [-0.2, 0) is 10.8 Å². The maximum Gasteiger partial charge on any atom is 0.198 e. The number of fused-ring (bicyclic) bond motifs is 8. The standard InChI is InChI=1S/C85H72N4OSi/c1-51-17-29-58(30-18-51)86(59-31-19-52(2)20-32-59)64-41-43-67-69-49-75-82-79(77(69)84(8,9)71(67)47-64)90-80-78-70(68-44-42-65(48-72(68)85(78,10)11)87(60-33-21-53(3)22-34-60)61-35-23-54(4)24-36-61)50-76-83(80)91(82,66-15-13-12-14-16-66)81-73(88(75)62-37-25-55(5)26-38-62)45-57(7)46-74(81)89(76)63-39-27-56(6)28-40-63/h12-50H,1-11H3. The molecule has 0 aromatic heterocycles. The van der Waals surface area contributed by atoms with Crippen LogP contribution in [0.15, 0.2) is 237 Å². The second-order valence-electron chi connectivity index (χ2n) is 27.5. The highest BCUT2D eigenvalue weighted by molar-refractivity contribution is 7.24. The highest BCUT2D eigenvalue weighted by Crippen LogP contribution is 2.63. The fourth-order valence-corrected chi connectivity index (χ4v) is 21.9. The van der Waals surface area contributed by atoms with Crippen molar-refractivity contribution in [2.24, 2.45) is 0 Å². The largest absolute Gasteiger partial charge is 0.457 e. The third-order valence-electron chi connectivity index (χ3n) is 20.7. The quantitative estimate of drug-likeness (QED) is 0.134. The van der Waals surface area contributed by atoms with E-state index >= 15 is 0 Å². The zero-order valence-electron chi connectivity index (χ0n) is 53.7. The minimum absolute atomic E-state index is 0.516. The molecule has 0 saturated carbocycles. The molecule has 442 valence electrons. The minimum Gasteiger partial charge on any atom is -0.457 e. The van der Waals surface area contributed by atoms with Gasteiger partial charge in [-0.15, -0.1) is 0 Å². The molecule has 0 saturated heterocycles. The zero-order valence-corrected chi connectivity index (χ0v) is 54.7. The average molecular weight is 1190 g/mol. The predicted molar refractivity (Wildman–Crippen MR) is 384 cm³/mol. The van der Waals surface area contributed by atoms with Crippen molar-refractivity contribution in [3.63, 3.8) is 0 Å². The van der Waals surface area contributed by atoms with Crippen LogP contribution in [0.4, 0.5) is 68.2 Å². The molecule has 12 aromatic carbocycles. The second-order valence-corrected chi connectivity index (χ2v) is 31.1. The maximum atomic E-state index is 8.58. The van der Waals surface area contributed by atoms with E-state index in [9.17, 15) is 0 Å². The van der Waals surface area contributed by atoms with E-state index in [1.807, 2.05) is 0 Å². The van der Waals surface area contributed by atoms with E-state index in [0.29, 0.717) is 0 Å². The molecule has 0 amide bonds. The second kappa shape index (κ2) is 19.7. The number of ether oxygens (including phenoxy) is 1. The van der Waals surface area contributed by atoms with Crippen LogP contribution < -0.4 is 45.1 Å². The van der Waals surface area contributed by atoms with Crippen molar-refractivity contribution < 1.29 is 4.74 Å². The van der Waals surface area contributed by atoms with E-state index in [1.165, 1.54) is 127 Å². The number of hydrogen-bond acceptors (Lipinski definition) is 5. The molecule has 12 aromatic rings. The molecule has 0 atom stereocenters. The molecular formula is C85H72N4OSi. The average Bonchev–Trinajstić information content (AvgIpc) is 1.59. The molecule has 3 heterocycles. The first-order chi connectivity index (χ1) is 44.0. The molecule has 3 aliphatic heterocycles. The van der Waals surface area contributed by atoms with E-state index in [4.69, 9.17) is 4.74 Å². The van der Waals surface area contributed by atoms with E-state index < -0.39 is 18.9 Å². The third kappa shape index (κ3) is 7.88. The van der Waals surface area contributed by atoms with Gasteiger partial charge in [0.05, 0.1) is 11.4 Å². The van der Waals surface area contributed by atoms with Crippen molar-refractivity contribution in [2.75, 3.05) is 19.6 Å². The number of aryl methyl sites for hydroxylation is 7. The summed E-state index contributed by atoms with van der Waals surface area (Å²) in [5.41, 5.74) is 31.3. The van der Waals surface area contributed by atoms with Crippen molar-refractivity contribution in [2.45, 2.75) is 87.0 Å². The van der Waals surface area contributed by atoms with Crippen molar-refractivity contribution >= 4 is 97.1 Å². The molecule has 0 bridgehead atoms. The van der Waals surface area contributed by atoms with Crippen LogP contribution >= 0.6 is 0 Å². The summed E-state index contributed by atoms with van der Waals surface area (Å²) in [7, 11) is -3.52. The van der Waals surface area contributed by atoms with E-state index in [-0.39, 0.29) is 0 Å². The monoisotopic (exact) mass is 1190 g/mol. The molecule has 0 radical (unpaired) electrons. The van der Waals surface area contributed by atoms with Crippen LogP contribution in [0, 0.1) is 48.5 Å². The number of nitrogens with zero attached hydrogens (tertiary/aromatic N) is 4. The van der Waals surface area contributed by atoms with Crippen molar-refractivity contribution in [1.82, 2.24) is 0 Å². The first-order valence-corrected chi connectivity index (χ1v) is 34.2. The molecule has 0 N–H and O–H groups in total. The van der Waals surface area contributed by atoms with Crippen LogP contribution in [0.3, 0.4) is 0 Å². The SMILES string of the molecule is Cc1ccc(N(c2ccc(C)cc2)c2ccc3c(c2)C(C)(C)c2c-3cc3c4c2Oc2c5c(cc6c2[Si]4(c2ccccc2)c2c(cc(C)cc2N6c2ccc(C)cc2)N3c2ccc(C)cc2)-c2ccc(N(c3ccc(C)cc3)c3ccc(C)cc3)cc2C5(C)C)cc1. The fraction of sp³-hybridized carbons (Fsp3) is 0.153. The zero-order chi connectivity index (χ0) is 62.1. The molecule has 17 rings (SSSR count). The smallest absolute Gasteiger partial charge is 0.198 e. The molecule has 6 heteroatoms. The summed E-state index contributed by atoms with van der Waals surface area (Å²) in [4.78, 5) is 10.1. The van der Waals surface area contributed by atoms with Crippen LogP contribution in [0.5, 0.6) is 11.5 Å². The van der Waals surface area contributed by atoms with Gasteiger partial charge in [0, 0.05) is 94.4 Å². The van der Waals surface area contributed by atoms with Gasteiger partial charge in [-0.1, -0.05) is 176 Å². The Bertz CT molecular complexity index is 4630. The van der Waals surface area contributed by atoms with Gasteiger partial charge in [0.15, 0.2) is 8.07 Å². The molecule has 0 spiro atoms. The van der Waals surface area contributed by atoms with E-state index in [1.54, 1.807) is 0 Å². The Morgan fingerprint density at radius 3 is 0.978 bits per heavy atom. The Morgan fingerprint density at radius 2 is 0.626 bits per heavy atom. The summed E-state index contributed by atoms with van der Waals surface area (Å²) >= 11 is 0. The lowest BCUT2D eigenvalue weighted by atomic mass is 9.80. The van der Waals surface area contributed by atoms with Gasteiger partial charge in [-0.2, -0.15) is 0 Å². The first-order valence-electron chi connectivity index (χ1n) is 32.2. The highest BCUT2D eigenvalue weighted by Gasteiger charge is 2.63. The summed E-state index contributed by atoms with van der Waals surface area (Å²) in [6.45, 7) is 25.2. The summed E-state index contributed by atoms with van der Waals surface area (Å²) in [5.74, 6) is 2.00. The van der Waals surface area contributed by atoms with Gasteiger partial charge in [-0.05, 0) is 214 Å². The third-order valence-corrected chi connectivity index (χ3v) is 25.6. The van der Waals surface area contributed by atoms with Gasteiger partial charge < -0.3 is 24.3 Å². The predicted octanol–water partition coefficient (Wildman–Crippen LogP) is 20.4. The number of hydrogen-bond donors (Lipinski definition) is 0. The molecule has 91 heavy (non-hydrogen) atoms. The van der Waals surface area contributed by atoms with Gasteiger partial charge in [-0.25, -0.2) is 0 Å². The first kappa shape index (κ1) is 55.0. The number of anilines is 12. The van der Waals surface area contributed by atoms with Crippen LogP contribution in [0.1, 0.15) is 88.9 Å². The molecule has 5 aliphatic rings. The number of benzene rings is 12. The summed E-state index contributed by atoms with van der Waals surface area (Å²) < 4.78 is 8.58. The molecule has 0 unspecified atom stereocenters. The summed E-state index contributed by atoms with van der Waals surface area (Å²) in [6, 6.07) is 90.7. The Morgan fingerprint density at radius 1 is 0.308 bits per heavy atom. The summed E-state index contributed by atoms with van der Waals surface area (Å²) in [6.07, 6.45) is 0. The normalized spacial score (nSPS) is 14.8. The topological polar surface area (TPSA) is 22.2 Å². The van der Waals surface area contributed by atoms with Crippen LogP contribution in [0.2, 0.25) is 0 Å². The molecule has 5 nitrogen and oxygen atoms in total. The highest BCUT2D eigenvalue weighted by atomic mass is 28.3. The Labute approximate surface area is 536 Å². The molecule has 2 aliphatic carbocycles. The maximum absolute atomic E-state index is 8.58. The van der Waals surface area contributed by atoms with Gasteiger partial charge >= 0.3 is 0 Å². The van der Waals surface area contributed by atoms with Gasteiger partial charge in [0.25, 0.3) is 0 Å². The number of rotatable bonds is 9. The fourth-order valence-electron chi connectivity index (χ4n) is 16.3. The van der Waals surface area contributed by atoms with Crippen LogP contribution in [-0.4, -0.2) is 8.07 Å². The van der Waals surface area contributed by atoms with Gasteiger partial charge in [0.2, 0.25) is 0 Å². The molecule has 0 fully saturated rings. The molecular weight excluding hydrogens is 1120 g/mol. The van der Waals surface area contributed by atoms with Crippen molar-refractivity contribution in [3.8, 4) is 33.8 Å². The van der Waals surface area contributed by atoms with Crippen molar-refractivity contribution in [3.05, 3.63) is 298 Å². The summed E-state index contributed by atoms with van der Waals surface area (Å²) in [5, 5.41) is 5.38. The Kier molecular flexibility index (Phi) is 11.9. The lowest BCUT2D eigenvalue weighted by Crippen LogP contribution is -2.81. The van der Waals surface area contributed by atoms with Gasteiger partial charge in [-0.3, -0.25) is 0 Å². The lowest BCUT2D eigenvalue weighted by molar-refractivity contribution is 0.454. The lowest BCUT2D eigenvalue weighted by Gasteiger charge is -2.54. The Hall–Kier alpha value is -10.1. The Balaban J connectivity index is 0.982. The van der Waals surface area contributed by atoms with E-state index in [0.717, 1.165) is 57.0 Å². The van der Waals surface area contributed by atoms with Crippen molar-refractivity contribution in [1.29, 1.82) is 0 Å². The van der Waals surface area contributed by atoms with Crippen LogP contribution in [0.25, 0.3) is 22.3 Å².